The highest BCUT2D eigenvalue weighted by atomic mass is 16.5. The number of aromatic nitrogens is 1. The second-order valence-corrected chi connectivity index (χ2v) is 4.43. The first-order valence-corrected chi connectivity index (χ1v) is 6.66. The van der Waals surface area contributed by atoms with E-state index in [0.29, 0.717) is 0 Å². The van der Waals surface area contributed by atoms with Gasteiger partial charge in [-0.1, -0.05) is 6.92 Å². The predicted octanol–water partition coefficient (Wildman–Crippen LogP) is 2.82. The summed E-state index contributed by atoms with van der Waals surface area (Å²) in [4.78, 5) is 0. The maximum atomic E-state index is 5.32. The molecule has 0 unspecified atom stereocenters. The molecule has 2 rings (SSSR count). The lowest BCUT2D eigenvalue weighted by atomic mass is 10.1. The van der Waals surface area contributed by atoms with Crippen LogP contribution in [0, 0.1) is 0 Å². The average Bonchev–Trinajstić information content (AvgIpc) is 2.76. The SMILES string of the molecule is CCNCCc1cn(CC)c2ccc(OC)cc12. The van der Waals surface area contributed by atoms with Crippen LogP contribution in [0.25, 0.3) is 10.9 Å². The van der Waals surface area contributed by atoms with Crippen LogP contribution in [0.3, 0.4) is 0 Å². The van der Waals surface area contributed by atoms with Crippen LogP contribution in [0.5, 0.6) is 5.75 Å². The van der Waals surface area contributed by atoms with Gasteiger partial charge >= 0.3 is 0 Å². The van der Waals surface area contributed by atoms with Crippen molar-refractivity contribution in [2.45, 2.75) is 26.8 Å². The normalized spacial score (nSPS) is 11.1. The lowest BCUT2D eigenvalue weighted by molar-refractivity contribution is 0.415. The number of likely N-dealkylation sites (N-methyl/N-ethyl adjacent to an activating group) is 1. The number of methoxy groups -OCH3 is 1. The van der Waals surface area contributed by atoms with Crippen molar-refractivity contribution in [2.24, 2.45) is 0 Å². The van der Waals surface area contributed by atoms with Crippen molar-refractivity contribution < 1.29 is 4.74 Å². The Balaban J connectivity index is 2.37. The summed E-state index contributed by atoms with van der Waals surface area (Å²) in [6.45, 7) is 7.37. The quantitative estimate of drug-likeness (QED) is 0.793. The fraction of sp³-hybridized carbons (Fsp3) is 0.467. The van der Waals surface area contributed by atoms with Gasteiger partial charge in [-0.3, -0.25) is 0 Å². The van der Waals surface area contributed by atoms with E-state index in [1.807, 2.05) is 6.07 Å². The molecule has 0 aliphatic rings. The van der Waals surface area contributed by atoms with E-state index in [1.54, 1.807) is 7.11 Å². The maximum Gasteiger partial charge on any atom is 0.119 e. The van der Waals surface area contributed by atoms with Gasteiger partial charge in [0, 0.05) is 23.6 Å². The van der Waals surface area contributed by atoms with Crippen molar-refractivity contribution in [3.05, 3.63) is 30.0 Å². The average molecular weight is 246 g/mol. The van der Waals surface area contributed by atoms with Crippen LogP contribution >= 0.6 is 0 Å². The van der Waals surface area contributed by atoms with E-state index >= 15 is 0 Å². The molecule has 0 amide bonds. The van der Waals surface area contributed by atoms with Crippen molar-refractivity contribution >= 4 is 10.9 Å². The highest BCUT2D eigenvalue weighted by Crippen LogP contribution is 2.26. The summed E-state index contributed by atoms with van der Waals surface area (Å²) in [6, 6.07) is 6.32. The minimum Gasteiger partial charge on any atom is -0.497 e. The first kappa shape index (κ1) is 13.0. The third kappa shape index (κ3) is 2.51. The summed E-state index contributed by atoms with van der Waals surface area (Å²) < 4.78 is 7.62. The Kier molecular flexibility index (Phi) is 4.26. The van der Waals surface area contributed by atoms with Gasteiger partial charge in [-0.15, -0.1) is 0 Å². The van der Waals surface area contributed by atoms with E-state index in [2.05, 4.69) is 42.1 Å². The Morgan fingerprint density at radius 2 is 2.11 bits per heavy atom. The number of nitrogens with zero attached hydrogens (tertiary/aromatic N) is 1. The molecule has 3 heteroatoms. The Bertz CT molecular complexity index is 516. The molecule has 0 spiro atoms. The third-order valence-corrected chi connectivity index (χ3v) is 3.33. The first-order chi connectivity index (χ1) is 8.80. The molecule has 0 bridgehead atoms. The zero-order valence-electron chi connectivity index (χ0n) is 11.5. The van der Waals surface area contributed by atoms with Gasteiger partial charge in [0.2, 0.25) is 0 Å². The molecular weight excluding hydrogens is 224 g/mol. The number of benzene rings is 1. The Hall–Kier alpha value is -1.48. The molecule has 1 aromatic heterocycles. The van der Waals surface area contributed by atoms with E-state index in [0.717, 1.165) is 31.8 Å². The topological polar surface area (TPSA) is 26.2 Å². The third-order valence-electron chi connectivity index (χ3n) is 3.33. The molecular formula is C15H22N2O. The lowest BCUT2D eigenvalue weighted by Gasteiger charge is -2.03. The summed E-state index contributed by atoms with van der Waals surface area (Å²) in [5.41, 5.74) is 2.69. The number of hydrogen-bond donors (Lipinski definition) is 1. The smallest absolute Gasteiger partial charge is 0.119 e. The van der Waals surface area contributed by atoms with E-state index in [9.17, 15) is 0 Å². The number of hydrogen-bond acceptors (Lipinski definition) is 2. The minimum atomic E-state index is 0.932. The van der Waals surface area contributed by atoms with Gasteiger partial charge in [0.25, 0.3) is 0 Å². The van der Waals surface area contributed by atoms with Gasteiger partial charge < -0.3 is 14.6 Å². The highest BCUT2D eigenvalue weighted by molar-refractivity contribution is 5.85. The number of aryl methyl sites for hydroxylation is 1. The highest BCUT2D eigenvalue weighted by Gasteiger charge is 2.08. The summed E-state index contributed by atoms with van der Waals surface area (Å²) in [6.07, 6.45) is 3.33. The molecule has 18 heavy (non-hydrogen) atoms. The summed E-state index contributed by atoms with van der Waals surface area (Å²) in [7, 11) is 1.72. The molecule has 0 aliphatic heterocycles. The largest absolute Gasteiger partial charge is 0.497 e. The van der Waals surface area contributed by atoms with Crippen molar-refractivity contribution in [2.75, 3.05) is 20.2 Å². The minimum absolute atomic E-state index is 0.932. The number of fused-ring (bicyclic) bond motifs is 1. The molecule has 98 valence electrons. The van der Waals surface area contributed by atoms with Crippen LogP contribution in [0.4, 0.5) is 0 Å². The van der Waals surface area contributed by atoms with Crippen molar-refractivity contribution in [3.63, 3.8) is 0 Å². The fourth-order valence-electron chi connectivity index (χ4n) is 2.34. The van der Waals surface area contributed by atoms with Crippen LogP contribution in [0.1, 0.15) is 19.4 Å². The molecule has 1 heterocycles. The fourth-order valence-corrected chi connectivity index (χ4v) is 2.34. The monoisotopic (exact) mass is 246 g/mol. The Labute approximate surface area is 109 Å². The van der Waals surface area contributed by atoms with Crippen LogP contribution in [-0.2, 0) is 13.0 Å². The van der Waals surface area contributed by atoms with Gasteiger partial charge in [-0.2, -0.15) is 0 Å². The molecule has 3 nitrogen and oxygen atoms in total. The Morgan fingerprint density at radius 3 is 2.78 bits per heavy atom. The van der Waals surface area contributed by atoms with Crippen molar-refractivity contribution in [3.8, 4) is 5.75 Å². The van der Waals surface area contributed by atoms with Crippen molar-refractivity contribution in [1.29, 1.82) is 0 Å². The molecule has 2 aromatic rings. The summed E-state index contributed by atoms with van der Waals surface area (Å²) in [5.74, 6) is 0.932. The van der Waals surface area contributed by atoms with Gasteiger partial charge in [0.1, 0.15) is 5.75 Å². The molecule has 0 saturated carbocycles. The van der Waals surface area contributed by atoms with Gasteiger partial charge in [0.15, 0.2) is 0 Å². The second kappa shape index (κ2) is 5.91. The van der Waals surface area contributed by atoms with Crippen LogP contribution in [0.2, 0.25) is 0 Å². The molecule has 0 radical (unpaired) electrons. The lowest BCUT2D eigenvalue weighted by Crippen LogP contribution is -2.15. The van der Waals surface area contributed by atoms with E-state index in [1.165, 1.54) is 16.5 Å². The van der Waals surface area contributed by atoms with Crippen LogP contribution in [-0.4, -0.2) is 24.8 Å². The van der Waals surface area contributed by atoms with Gasteiger partial charge in [0.05, 0.1) is 7.11 Å². The number of rotatable bonds is 6. The molecule has 0 saturated heterocycles. The van der Waals surface area contributed by atoms with Crippen molar-refractivity contribution in [1.82, 2.24) is 9.88 Å². The van der Waals surface area contributed by atoms with Crippen LogP contribution < -0.4 is 10.1 Å². The maximum absolute atomic E-state index is 5.32. The number of ether oxygens (including phenoxy) is 1. The standard InChI is InChI=1S/C15H22N2O/c1-4-16-9-8-12-11-17(5-2)15-7-6-13(18-3)10-14(12)15/h6-7,10-11,16H,4-5,8-9H2,1-3H3. The predicted molar refractivity (Wildman–Crippen MR) is 76.4 cm³/mol. The van der Waals surface area contributed by atoms with E-state index in [-0.39, 0.29) is 0 Å². The summed E-state index contributed by atoms with van der Waals surface area (Å²) >= 11 is 0. The second-order valence-electron chi connectivity index (χ2n) is 4.43. The zero-order chi connectivity index (χ0) is 13.0. The molecule has 0 fully saturated rings. The summed E-state index contributed by atoms with van der Waals surface area (Å²) in [5, 5.41) is 4.69. The first-order valence-electron chi connectivity index (χ1n) is 6.66. The number of nitrogens with one attached hydrogen (secondary N) is 1. The molecule has 1 N–H and O–H groups in total. The van der Waals surface area contributed by atoms with Gasteiger partial charge in [-0.25, -0.2) is 0 Å². The van der Waals surface area contributed by atoms with Gasteiger partial charge in [-0.05, 0) is 50.2 Å². The molecule has 1 aromatic carbocycles. The van der Waals surface area contributed by atoms with Crippen LogP contribution in [0.15, 0.2) is 24.4 Å². The Morgan fingerprint density at radius 1 is 1.28 bits per heavy atom. The molecule has 0 atom stereocenters. The van der Waals surface area contributed by atoms with E-state index in [4.69, 9.17) is 4.74 Å². The van der Waals surface area contributed by atoms with E-state index < -0.39 is 0 Å². The molecule has 0 aliphatic carbocycles. The zero-order valence-corrected chi connectivity index (χ0v) is 11.5.